The monoisotopic (exact) mass is 489 g/mol. The average molecular weight is 490 g/mol. The highest BCUT2D eigenvalue weighted by Gasteiger charge is 2.31. The molecule has 0 atom stereocenters. The van der Waals surface area contributed by atoms with Gasteiger partial charge in [-0.2, -0.15) is 4.98 Å². The summed E-state index contributed by atoms with van der Waals surface area (Å²) in [6, 6.07) is 11.8. The molecule has 7 nitrogen and oxygen atoms in total. The van der Waals surface area contributed by atoms with Gasteiger partial charge in [0.15, 0.2) is 0 Å². The minimum atomic E-state index is -4.76. The van der Waals surface area contributed by atoms with Crippen molar-refractivity contribution in [1.29, 1.82) is 0 Å². The van der Waals surface area contributed by atoms with Gasteiger partial charge in [0.05, 0.1) is 5.52 Å². The van der Waals surface area contributed by atoms with Crippen LogP contribution in [-0.2, 0) is 6.54 Å². The van der Waals surface area contributed by atoms with Gasteiger partial charge in [-0.05, 0) is 68.5 Å². The molecule has 0 spiro atoms. The van der Waals surface area contributed by atoms with Gasteiger partial charge in [-0.15, -0.1) is 13.2 Å². The van der Waals surface area contributed by atoms with Crippen molar-refractivity contribution in [3.63, 3.8) is 0 Å². The third kappa shape index (κ3) is 6.66. The van der Waals surface area contributed by atoms with Gasteiger partial charge in [-0.1, -0.05) is 12.1 Å². The van der Waals surface area contributed by atoms with E-state index in [-0.39, 0.29) is 24.1 Å². The lowest BCUT2D eigenvalue weighted by molar-refractivity contribution is -0.274. The van der Waals surface area contributed by atoms with Gasteiger partial charge in [-0.25, -0.2) is 4.98 Å². The molecule has 10 heteroatoms. The number of hydrogen-bond acceptors (Lipinski definition) is 7. The molecule has 0 bridgehead atoms. The van der Waals surface area contributed by atoms with Crippen molar-refractivity contribution >= 4 is 22.7 Å². The average Bonchev–Trinajstić information content (AvgIpc) is 2.80. The first-order valence-corrected chi connectivity index (χ1v) is 11.7. The number of halogens is 3. The van der Waals surface area contributed by atoms with Crippen LogP contribution in [0.1, 0.15) is 31.2 Å². The molecule has 1 aliphatic carbocycles. The zero-order valence-electron chi connectivity index (χ0n) is 19.8. The van der Waals surface area contributed by atoms with Crippen LogP contribution in [0.15, 0.2) is 42.5 Å². The fourth-order valence-electron chi connectivity index (χ4n) is 4.47. The van der Waals surface area contributed by atoms with E-state index >= 15 is 0 Å². The fourth-order valence-corrected chi connectivity index (χ4v) is 4.47. The number of phenols is 1. The van der Waals surface area contributed by atoms with Crippen molar-refractivity contribution in [1.82, 2.24) is 15.3 Å². The van der Waals surface area contributed by atoms with E-state index in [1.165, 1.54) is 12.1 Å². The lowest BCUT2D eigenvalue weighted by Gasteiger charge is -2.29. The molecule has 4 rings (SSSR count). The van der Waals surface area contributed by atoms with Crippen LogP contribution in [0.2, 0.25) is 0 Å². The Kier molecular flexibility index (Phi) is 7.49. The summed E-state index contributed by atoms with van der Waals surface area (Å²) in [6.45, 7) is 0.977. The summed E-state index contributed by atoms with van der Waals surface area (Å²) in [4.78, 5) is 11.4. The Labute approximate surface area is 202 Å². The van der Waals surface area contributed by atoms with Crippen molar-refractivity contribution in [3.05, 3.63) is 48.0 Å². The summed E-state index contributed by atoms with van der Waals surface area (Å²) in [5, 5.41) is 17.7. The van der Waals surface area contributed by atoms with Crippen molar-refractivity contribution < 1.29 is 23.0 Å². The van der Waals surface area contributed by atoms with Crippen LogP contribution in [-0.4, -0.2) is 48.1 Å². The second-order valence-corrected chi connectivity index (χ2v) is 9.11. The minimum Gasteiger partial charge on any atom is -0.508 e. The number of anilines is 2. The summed E-state index contributed by atoms with van der Waals surface area (Å²) in [7, 11) is 3.94. The third-order valence-electron chi connectivity index (χ3n) is 6.22. The number of para-hydroxylation sites is 1. The molecule has 0 amide bonds. The molecule has 0 aliphatic heterocycles. The third-order valence-corrected chi connectivity index (χ3v) is 6.22. The van der Waals surface area contributed by atoms with Crippen molar-refractivity contribution in [2.24, 2.45) is 5.92 Å². The highest BCUT2D eigenvalue weighted by Crippen LogP contribution is 2.30. The largest absolute Gasteiger partial charge is 0.573 e. The molecule has 2 aromatic carbocycles. The van der Waals surface area contributed by atoms with Crippen LogP contribution in [0, 0.1) is 5.92 Å². The summed E-state index contributed by atoms with van der Waals surface area (Å²) < 4.78 is 41.3. The topological polar surface area (TPSA) is 82.5 Å². The normalized spacial score (nSPS) is 18.4. The van der Waals surface area contributed by atoms with Gasteiger partial charge in [0.25, 0.3) is 0 Å². The predicted octanol–water partition coefficient (Wildman–Crippen LogP) is 5.06. The number of aromatic nitrogens is 2. The summed E-state index contributed by atoms with van der Waals surface area (Å²) >= 11 is 0. The molecule has 1 fully saturated rings. The van der Waals surface area contributed by atoms with Gasteiger partial charge >= 0.3 is 6.36 Å². The Morgan fingerprint density at radius 1 is 1.06 bits per heavy atom. The highest BCUT2D eigenvalue weighted by atomic mass is 19.4. The maximum atomic E-state index is 12.4. The van der Waals surface area contributed by atoms with E-state index in [2.05, 4.69) is 20.4 Å². The second kappa shape index (κ2) is 10.6. The van der Waals surface area contributed by atoms with Crippen LogP contribution < -0.4 is 20.3 Å². The first-order chi connectivity index (χ1) is 16.7. The maximum Gasteiger partial charge on any atom is 0.573 e. The van der Waals surface area contributed by atoms with Crippen molar-refractivity contribution in [3.8, 4) is 11.5 Å². The zero-order valence-corrected chi connectivity index (χ0v) is 19.8. The number of nitrogens with zero attached hydrogens (tertiary/aromatic N) is 3. The van der Waals surface area contributed by atoms with Crippen molar-refractivity contribution in [2.75, 3.05) is 30.9 Å². The molecule has 1 heterocycles. The quantitative estimate of drug-likeness (QED) is 0.408. The van der Waals surface area contributed by atoms with Crippen molar-refractivity contribution in [2.45, 2.75) is 44.6 Å². The predicted molar refractivity (Wildman–Crippen MR) is 130 cm³/mol. The lowest BCUT2D eigenvalue weighted by Crippen LogP contribution is -2.31. The minimum absolute atomic E-state index is 0.0626. The Morgan fingerprint density at radius 2 is 1.80 bits per heavy atom. The van der Waals surface area contributed by atoms with E-state index in [0.717, 1.165) is 48.5 Å². The van der Waals surface area contributed by atoms with Crippen LogP contribution >= 0.6 is 0 Å². The van der Waals surface area contributed by atoms with Crippen LogP contribution in [0.3, 0.4) is 0 Å². The number of alkyl halides is 3. The number of ether oxygens (including phenoxy) is 1. The van der Waals surface area contributed by atoms with Crippen LogP contribution in [0.25, 0.3) is 10.9 Å². The van der Waals surface area contributed by atoms with Crippen LogP contribution in [0.5, 0.6) is 11.5 Å². The number of nitrogens with one attached hydrogen (secondary N) is 2. The SMILES string of the molecule is CN(C)c1nc(NC2CCC(CNCc3cc(OC(F)(F)F)ccc3O)CC2)nc2ccccc12. The summed E-state index contributed by atoms with van der Waals surface area (Å²) in [5.74, 6) is 1.55. The number of rotatable bonds is 8. The number of fused-ring (bicyclic) bond motifs is 1. The van der Waals surface area contributed by atoms with E-state index in [0.29, 0.717) is 24.0 Å². The Morgan fingerprint density at radius 3 is 2.51 bits per heavy atom. The molecular formula is C25H30F3N5O2. The van der Waals surface area contributed by atoms with Gasteiger partial charge in [0.2, 0.25) is 5.95 Å². The molecule has 35 heavy (non-hydrogen) atoms. The number of hydrogen-bond donors (Lipinski definition) is 3. The van der Waals surface area contributed by atoms with E-state index < -0.39 is 6.36 Å². The molecule has 3 N–H and O–H groups in total. The Bertz CT molecular complexity index is 1150. The smallest absolute Gasteiger partial charge is 0.508 e. The number of benzene rings is 2. The first-order valence-electron chi connectivity index (χ1n) is 11.7. The standard InChI is InChI=1S/C25H30F3N5O2/c1-33(2)23-20-5-3-4-6-21(20)31-24(32-23)30-18-9-7-16(8-10-18)14-29-15-17-13-19(11-12-22(17)34)35-25(26,27)28/h3-6,11-13,16,18,29,34H,7-10,14-15H2,1-2H3,(H,30,31,32). The molecule has 1 aromatic heterocycles. The molecule has 0 unspecified atom stereocenters. The Balaban J connectivity index is 1.27. The zero-order chi connectivity index (χ0) is 25.0. The van der Waals surface area contributed by atoms with E-state index in [9.17, 15) is 18.3 Å². The lowest BCUT2D eigenvalue weighted by atomic mass is 9.86. The fraction of sp³-hybridized carbons (Fsp3) is 0.440. The summed E-state index contributed by atoms with van der Waals surface area (Å²) in [5.41, 5.74) is 1.27. The molecular weight excluding hydrogens is 459 g/mol. The second-order valence-electron chi connectivity index (χ2n) is 9.11. The number of phenolic OH excluding ortho intramolecular Hbond substituents is 1. The van der Waals surface area contributed by atoms with E-state index in [4.69, 9.17) is 4.98 Å². The Hall–Kier alpha value is -3.27. The molecule has 188 valence electrons. The van der Waals surface area contributed by atoms with Crippen LogP contribution in [0.4, 0.5) is 24.9 Å². The molecule has 1 aliphatic rings. The first kappa shape index (κ1) is 24.8. The molecule has 1 saturated carbocycles. The molecule has 3 aromatic rings. The van der Waals surface area contributed by atoms with Gasteiger partial charge < -0.3 is 25.4 Å². The molecule has 0 saturated heterocycles. The van der Waals surface area contributed by atoms with Gasteiger partial charge in [0, 0.05) is 37.6 Å². The maximum absolute atomic E-state index is 12.4. The molecule has 0 radical (unpaired) electrons. The van der Waals surface area contributed by atoms with Gasteiger partial charge in [-0.3, -0.25) is 0 Å². The summed E-state index contributed by atoms with van der Waals surface area (Å²) in [6.07, 6.45) is -0.815. The van der Waals surface area contributed by atoms with E-state index in [1.807, 2.05) is 43.3 Å². The number of aromatic hydroxyl groups is 1. The van der Waals surface area contributed by atoms with Gasteiger partial charge in [0.1, 0.15) is 17.3 Å². The highest BCUT2D eigenvalue weighted by molar-refractivity contribution is 5.90. The van der Waals surface area contributed by atoms with E-state index in [1.54, 1.807) is 0 Å².